The number of carbonyl (C=O) groups is 1. The quantitative estimate of drug-likeness (QED) is 0.759. The van der Waals surface area contributed by atoms with Crippen LogP contribution in [0.3, 0.4) is 0 Å². The molecule has 0 spiro atoms. The predicted molar refractivity (Wildman–Crippen MR) is 63.6 cm³/mol. The molecule has 1 amide bonds. The van der Waals surface area contributed by atoms with Gasteiger partial charge in [0, 0.05) is 33.1 Å². The van der Waals surface area contributed by atoms with Crippen molar-refractivity contribution < 1.29 is 4.79 Å². The molecular weight excluding hydrogens is 204 g/mol. The van der Waals surface area contributed by atoms with E-state index in [-0.39, 0.29) is 5.91 Å². The van der Waals surface area contributed by atoms with Crippen molar-refractivity contribution >= 4 is 17.4 Å². The summed E-state index contributed by atoms with van der Waals surface area (Å²) in [6, 6.07) is 3.82. The molecular formula is C11H16N4O. The Balaban J connectivity index is 2.03. The van der Waals surface area contributed by atoms with E-state index in [0.717, 1.165) is 37.7 Å². The van der Waals surface area contributed by atoms with Crippen LogP contribution >= 0.6 is 0 Å². The lowest BCUT2D eigenvalue weighted by Crippen LogP contribution is -2.43. The summed E-state index contributed by atoms with van der Waals surface area (Å²) in [7, 11) is 0. The van der Waals surface area contributed by atoms with Gasteiger partial charge >= 0.3 is 0 Å². The van der Waals surface area contributed by atoms with Crippen LogP contribution in [-0.4, -0.2) is 37.1 Å². The molecule has 1 aromatic heterocycles. The Morgan fingerprint density at radius 2 is 2.19 bits per heavy atom. The Morgan fingerprint density at radius 1 is 1.44 bits per heavy atom. The molecule has 1 aromatic rings. The largest absolute Gasteiger partial charge is 0.354 e. The van der Waals surface area contributed by atoms with Crippen molar-refractivity contribution in [2.75, 3.05) is 36.4 Å². The van der Waals surface area contributed by atoms with Gasteiger partial charge < -0.3 is 15.5 Å². The van der Waals surface area contributed by atoms with Crippen LogP contribution < -0.4 is 15.5 Å². The first-order chi connectivity index (χ1) is 7.75. The van der Waals surface area contributed by atoms with Gasteiger partial charge in [0.2, 0.25) is 5.91 Å². The van der Waals surface area contributed by atoms with Crippen molar-refractivity contribution in [2.45, 2.75) is 6.92 Å². The van der Waals surface area contributed by atoms with Crippen LogP contribution in [0.15, 0.2) is 18.3 Å². The normalized spacial score (nSPS) is 15.9. The molecule has 2 N–H and O–H groups in total. The van der Waals surface area contributed by atoms with E-state index in [9.17, 15) is 4.79 Å². The van der Waals surface area contributed by atoms with Crippen LogP contribution in [-0.2, 0) is 4.79 Å². The van der Waals surface area contributed by atoms with E-state index in [1.165, 1.54) is 6.92 Å². The summed E-state index contributed by atoms with van der Waals surface area (Å²) < 4.78 is 0. The van der Waals surface area contributed by atoms with E-state index in [2.05, 4.69) is 20.5 Å². The highest BCUT2D eigenvalue weighted by atomic mass is 16.1. The van der Waals surface area contributed by atoms with E-state index in [1.54, 1.807) is 6.20 Å². The van der Waals surface area contributed by atoms with Crippen molar-refractivity contribution in [3.05, 3.63) is 18.3 Å². The summed E-state index contributed by atoms with van der Waals surface area (Å²) >= 11 is 0. The fourth-order valence-electron chi connectivity index (χ4n) is 1.74. The van der Waals surface area contributed by atoms with Gasteiger partial charge in [-0.1, -0.05) is 0 Å². The minimum atomic E-state index is -0.0725. The number of nitrogens with zero attached hydrogens (tertiary/aromatic N) is 2. The van der Waals surface area contributed by atoms with Crippen LogP contribution in [0.25, 0.3) is 0 Å². The molecule has 0 aromatic carbocycles. The third kappa shape index (κ3) is 2.70. The van der Waals surface area contributed by atoms with Crippen LogP contribution in [0, 0.1) is 0 Å². The Hall–Kier alpha value is -1.62. The maximum atomic E-state index is 10.8. The van der Waals surface area contributed by atoms with Gasteiger partial charge in [0.15, 0.2) is 0 Å². The Kier molecular flexibility index (Phi) is 3.36. The minimum Gasteiger partial charge on any atom is -0.354 e. The number of piperazine rings is 1. The maximum Gasteiger partial charge on any atom is 0.221 e. The number of aromatic nitrogens is 1. The van der Waals surface area contributed by atoms with Crippen LogP contribution in [0.2, 0.25) is 0 Å². The number of carbonyl (C=O) groups excluding carboxylic acids is 1. The number of pyridine rings is 1. The zero-order valence-corrected chi connectivity index (χ0v) is 9.36. The van der Waals surface area contributed by atoms with E-state index in [0.29, 0.717) is 0 Å². The Bertz CT molecular complexity index is 357. The molecule has 0 unspecified atom stereocenters. The standard InChI is InChI=1S/C11H16N4O/c1-9(16)14-10-2-3-11(13-8-10)15-6-4-12-5-7-15/h2-3,8,12H,4-7H2,1H3,(H,14,16). The number of hydrogen-bond donors (Lipinski definition) is 2. The van der Waals surface area contributed by atoms with Crippen molar-refractivity contribution in [3.8, 4) is 0 Å². The summed E-state index contributed by atoms with van der Waals surface area (Å²) in [4.78, 5) is 17.4. The van der Waals surface area contributed by atoms with Gasteiger partial charge in [-0.2, -0.15) is 0 Å². The van der Waals surface area contributed by atoms with Gasteiger partial charge in [-0.05, 0) is 12.1 Å². The molecule has 5 nitrogen and oxygen atoms in total. The van der Waals surface area contributed by atoms with Gasteiger partial charge in [0.25, 0.3) is 0 Å². The highest BCUT2D eigenvalue weighted by molar-refractivity contribution is 5.88. The number of amides is 1. The minimum absolute atomic E-state index is 0.0725. The Labute approximate surface area is 94.9 Å². The molecule has 16 heavy (non-hydrogen) atoms. The molecule has 5 heteroatoms. The SMILES string of the molecule is CC(=O)Nc1ccc(N2CCNCC2)nc1. The number of hydrogen-bond acceptors (Lipinski definition) is 4. The van der Waals surface area contributed by atoms with Crippen molar-refractivity contribution in [2.24, 2.45) is 0 Å². The van der Waals surface area contributed by atoms with Gasteiger partial charge in [0.05, 0.1) is 11.9 Å². The molecule has 1 fully saturated rings. The molecule has 1 aliphatic heterocycles. The lowest BCUT2D eigenvalue weighted by molar-refractivity contribution is -0.114. The lowest BCUT2D eigenvalue weighted by atomic mass is 10.3. The van der Waals surface area contributed by atoms with Gasteiger partial charge in [-0.15, -0.1) is 0 Å². The first-order valence-electron chi connectivity index (χ1n) is 5.45. The fourth-order valence-corrected chi connectivity index (χ4v) is 1.74. The van der Waals surface area contributed by atoms with Gasteiger partial charge in [-0.3, -0.25) is 4.79 Å². The van der Waals surface area contributed by atoms with Crippen molar-refractivity contribution in [3.63, 3.8) is 0 Å². The molecule has 0 atom stereocenters. The van der Waals surface area contributed by atoms with E-state index < -0.39 is 0 Å². The predicted octanol–water partition coefficient (Wildman–Crippen LogP) is 0.450. The zero-order chi connectivity index (χ0) is 11.4. The summed E-state index contributed by atoms with van der Waals surface area (Å²) in [6.45, 7) is 5.44. The average molecular weight is 220 g/mol. The number of nitrogens with one attached hydrogen (secondary N) is 2. The third-order valence-corrected chi connectivity index (χ3v) is 2.51. The molecule has 0 bridgehead atoms. The summed E-state index contributed by atoms with van der Waals surface area (Å²) in [6.07, 6.45) is 1.69. The summed E-state index contributed by atoms with van der Waals surface area (Å²) in [5, 5.41) is 6.00. The maximum absolute atomic E-state index is 10.8. The summed E-state index contributed by atoms with van der Waals surface area (Å²) in [5.41, 5.74) is 0.742. The first kappa shape index (κ1) is 10.9. The fraction of sp³-hybridized carbons (Fsp3) is 0.455. The highest BCUT2D eigenvalue weighted by Gasteiger charge is 2.10. The molecule has 0 radical (unpaired) electrons. The molecule has 2 heterocycles. The van der Waals surface area contributed by atoms with E-state index in [1.807, 2.05) is 12.1 Å². The Morgan fingerprint density at radius 3 is 2.75 bits per heavy atom. The highest BCUT2D eigenvalue weighted by Crippen LogP contribution is 2.14. The topological polar surface area (TPSA) is 57.3 Å². The second-order valence-corrected chi connectivity index (χ2v) is 3.82. The summed E-state index contributed by atoms with van der Waals surface area (Å²) in [5.74, 6) is 0.896. The molecule has 0 aliphatic carbocycles. The smallest absolute Gasteiger partial charge is 0.221 e. The van der Waals surface area contributed by atoms with E-state index in [4.69, 9.17) is 0 Å². The molecule has 1 aliphatic rings. The monoisotopic (exact) mass is 220 g/mol. The third-order valence-electron chi connectivity index (χ3n) is 2.51. The van der Waals surface area contributed by atoms with E-state index >= 15 is 0 Å². The number of rotatable bonds is 2. The van der Waals surface area contributed by atoms with Crippen molar-refractivity contribution in [1.29, 1.82) is 0 Å². The van der Waals surface area contributed by atoms with Gasteiger partial charge in [-0.25, -0.2) is 4.98 Å². The van der Waals surface area contributed by atoms with Crippen molar-refractivity contribution in [1.82, 2.24) is 10.3 Å². The van der Waals surface area contributed by atoms with Crippen LogP contribution in [0.1, 0.15) is 6.92 Å². The second-order valence-electron chi connectivity index (χ2n) is 3.82. The average Bonchev–Trinajstić information content (AvgIpc) is 2.30. The first-order valence-corrected chi connectivity index (χ1v) is 5.45. The van der Waals surface area contributed by atoms with Gasteiger partial charge in [0.1, 0.15) is 5.82 Å². The van der Waals surface area contributed by atoms with Crippen LogP contribution in [0.5, 0.6) is 0 Å². The molecule has 1 saturated heterocycles. The van der Waals surface area contributed by atoms with Crippen LogP contribution in [0.4, 0.5) is 11.5 Å². The molecule has 86 valence electrons. The zero-order valence-electron chi connectivity index (χ0n) is 9.36. The number of anilines is 2. The second kappa shape index (κ2) is 4.94. The lowest BCUT2D eigenvalue weighted by Gasteiger charge is -2.28. The molecule has 2 rings (SSSR count). The molecule has 0 saturated carbocycles.